The molecule has 2 aromatic heterocycles. The van der Waals surface area contributed by atoms with Gasteiger partial charge in [-0.25, -0.2) is 4.79 Å². The fraction of sp³-hybridized carbons (Fsp3) is 0.478. The monoisotopic (exact) mass is 947 g/mol. The molecule has 20 heteroatoms. The van der Waals surface area contributed by atoms with Crippen molar-refractivity contribution in [2.45, 2.75) is 65.0 Å². The Morgan fingerprint density at radius 2 is 1.12 bits per heavy atom. The van der Waals surface area contributed by atoms with Gasteiger partial charge < -0.3 is 19.9 Å². The number of ketones is 1. The van der Waals surface area contributed by atoms with Crippen LogP contribution >= 0.6 is 0 Å². The normalized spacial score (nSPS) is 20.3. The molecular formula is C46H61N9O9S2. The Kier molecular flexibility index (Phi) is 15.9. The summed E-state index contributed by atoms with van der Waals surface area (Å²) in [5.41, 5.74) is 10.3. The number of piperazine rings is 2. The predicted molar refractivity (Wildman–Crippen MR) is 250 cm³/mol. The lowest BCUT2D eigenvalue weighted by Gasteiger charge is -2.46. The summed E-state index contributed by atoms with van der Waals surface area (Å²) < 4.78 is 76.6. The molecule has 0 amide bonds. The number of aromatic nitrogens is 2. The van der Waals surface area contributed by atoms with Crippen LogP contribution in [-0.4, -0.2) is 160 Å². The van der Waals surface area contributed by atoms with Crippen LogP contribution in [0.15, 0.2) is 85.2 Å². The Labute approximate surface area is 388 Å². The van der Waals surface area contributed by atoms with Crippen LogP contribution in [0.25, 0.3) is 0 Å². The van der Waals surface area contributed by atoms with E-state index in [9.17, 15) is 26.4 Å². The van der Waals surface area contributed by atoms with Gasteiger partial charge in [-0.1, -0.05) is 24.3 Å². The van der Waals surface area contributed by atoms with E-state index >= 15 is 0 Å². The number of Topliss-reactive ketones (excluding diaryl/α,β-unsaturated/α-hetero) is 1. The first kappa shape index (κ1) is 49.0. The smallest absolute Gasteiger partial charge is 0.339 e. The number of nitrogens with two attached hydrogens (primary N) is 1. The third kappa shape index (κ3) is 11.3. The topological polar surface area (TPSA) is 201 Å². The zero-order valence-electron chi connectivity index (χ0n) is 38.2. The van der Waals surface area contributed by atoms with Crippen LogP contribution < -0.4 is 14.3 Å². The number of benzene rings is 2. The Morgan fingerprint density at radius 1 is 0.682 bits per heavy atom. The molecule has 8 rings (SSSR count). The lowest BCUT2D eigenvalue weighted by atomic mass is 10.1. The molecule has 2 atom stereocenters. The minimum Gasteiger partial charge on any atom is -0.465 e. The van der Waals surface area contributed by atoms with E-state index in [1.165, 1.54) is 28.1 Å². The summed E-state index contributed by atoms with van der Waals surface area (Å²) in [5.74, 6) is -0.693. The second-order valence-electron chi connectivity index (χ2n) is 17.2. The van der Waals surface area contributed by atoms with Crippen LogP contribution in [0.4, 0.5) is 11.4 Å². The molecule has 4 aliphatic rings. The van der Waals surface area contributed by atoms with E-state index in [1.54, 1.807) is 45.0 Å². The van der Waals surface area contributed by atoms with E-state index in [1.807, 2.05) is 50.2 Å². The number of anilines is 2. The van der Waals surface area contributed by atoms with Crippen molar-refractivity contribution >= 4 is 43.5 Å². The van der Waals surface area contributed by atoms with Crippen LogP contribution in [-0.2, 0) is 47.7 Å². The van der Waals surface area contributed by atoms with E-state index in [0.717, 1.165) is 11.1 Å². The zero-order chi connectivity index (χ0) is 47.2. The van der Waals surface area contributed by atoms with Gasteiger partial charge in [-0.3, -0.25) is 33.2 Å². The predicted octanol–water partition coefficient (Wildman–Crippen LogP) is 3.02. The van der Waals surface area contributed by atoms with Gasteiger partial charge >= 0.3 is 26.4 Å². The van der Waals surface area contributed by atoms with Gasteiger partial charge in [0, 0.05) is 69.3 Å². The minimum atomic E-state index is -3.82. The van der Waals surface area contributed by atoms with Gasteiger partial charge in [0.25, 0.3) is 0 Å². The molecular weight excluding hydrogens is 887 g/mol. The Hall–Kier alpha value is -4.90. The average molecular weight is 948 g/mol. The van der Waals surface area contributed by atoms with Crippen molar-refractivity contribution in [3.63, 3.8) is 0 Å². The molecule has 18 nitrogen and oxygen atoms in total. The van der Waals surface area contributed by atoms with E-state index in [0.29, 0.717) is 112 Å². The summed E-state index contributed by atoms with van der Waals surface area (Å²) in [6.07, 6.45) is 2.86. The number of carbonyl (C=O) groups is 2. The molecule has 2 aromatic carbocycles. The lowest BCUT2D eigenvalue weighted by molar-refractivity contribution is -0.0873. The summed E-state index contributed by atoms with van der Waals surface area (Å²) in [7, 11) is -6.32. The number of rotatable bonds is 15. The summed E-state index contributed by atoms with van der Waals surface area (Å²) in [6.45, 7) is 13.8. The Morgan fingerprint density at radius 3 is 1.45 bits per heavy atom. The number of hydrogen-bond donors (Lipinski definition) is 1. The number of esters is 1. The maximum absolute atomic E-state index is 13.8. The molecule has 4 aromatic rings. The molecule has 66 heavy (non-hydrogen) atoms. The molecule has 2 N–H and O–H groups in total. The highest BCUT2D eigenvalue weighted by molar-refractivity contribution is 7.90. The first-order valence-electron chi connectivity index (χ1n) is 22.2. The number of ether oxygens (including phenoxy) is 3. The molecule has 4 aliphatic heterocycles. The van der Waals surface area contributed by atoms with Crippen LogP contribution in [0.3, 0.4) is 0 Å². The molecule has 0 spiro atoms. The van der Waals surface area contributed by atoms with Gasteiger partial charge in [0.2, 0.25) is 0 Å². The standard InChI is InChI=1S/C23H31N5O4S.C23H30N4O5S/c1-17-4-3-5-21(10-17)28(14-20-7-6-19(12-25-20)23(29)11-24)33(30,31)26-8-9-27(18(2)13-26)22-15-32-16-22;1-17-5-4-6-21(11-17)27(14-20-8-7-19(12-24-20)23(28)31-3)33(29,30)25-9-10-26(18(2)13-25)22-15-32-16-22/h3-7,10,12,18,22H,8-9,11,13-16,24H2,1-2H3;4-8,11-12,18,22H,9-10,13-16H2,1-3H3/t2*18-/m11/s1. The number of aryl methyl sites for hydroxylation is 2. The van der Waals surface area contributed by atoms with E-state index in [-0.39, 0.29) is 37.5 Å². The van der Waals surface area contributed by atoms with Crippen LogP contribution in [0.1, 0.15) is 57.1 Å². The fourth-order valence-electron chi connectivity index (χ4n) is 8.52. The number of methoxy groups -OCH3 is 1. The third-order valence-corrected chi connectivity index (χ3v) is 16.2. The minimum absolute atomic E-state index is 0.0539. The largest absolute Gasteiger partial charge is 0.465 e. The van der Waals surface area contributed by atoms with Gasteiger partial charge in [-0.2, -0.15) is 25.4 Å². The van der Waals surface area contributed by atoms with Crippen LogP contribution in [0.5, 0.6) is 0 Å². The van der Waals surface area contributed by atoms with Crippen molar-refractivity contribution in [1.82, 2.24) is 28.4 Å². The van der Waals surface area contributed by atoms with E-state index in [2.05, 4.69) is 33.6 Å². The first-order chi connectivity index (χ1) is 31.6. The molecule has 6 heterocycles. The fourth-order valence-corrected chi connectivity index (χ4v) is 11.9. The quantitative estimate of drug-likeness (QED) is 0.135. The number of nitrogens with zero attached hydrogens (tertiary/aromatic N) is 8. The molecule has 0 aliphatic carbocycles. The second kappa shape index (κ2) is 21.4. The third-order valence-electron chi connectivity index (χ3n) is 12.4. The number of carbonyl (C=O) groups excluding carboxylic acids is 2. The van der Waals surface area contributed by atoms with Gasteiger partial charge in [0.05, 0.1) is 93.6 Å². The Balaban J connectivity index is 0.000000196. The molecule has 0 radical (unpaired) electrons. The lowest BCUT2D eigenvalue weighted by Crippen LogP contribution is -2.62. The Bertz CT molecular complexity index is 2350. The van der Waals surface area contributed by atoms with Crippen molar-refractivity contribution in [1.29, 1.82) is 0 Å². The molecule has 0 saturated carbocycles. The highest BCUT2D eigenvalue weighted by Gasteiger charge is 2.41. The van der Waals surface area contributed by atoms with E-state index in [4.69, 9.17) is 19.9 Å². The highest BCUT2D eigenvalue weighted by atomic mass is 32.2. The van der Waals surface area contributed by atoms with Gasteiger partial charge in [0.1, 0.15) is 0 Å². The number of pyridine rings is 2. The van der Waals surface area contributed by atoms with Gasteiger partial charge in [-0.15, -0.1) is 0 Å². The van der Waals surface area contributed by atoms with Crippen molar-refractivity contribution in [3.8, 4) is 0 Å². The highest BCUT2D eigenvalue weighted by Crippen LogP contribution is 2.29. The maximum atomic E-state index is 13.8. The SMILES string of the molecule is COC(=O)c1ccc(CN(c2cccc(C)c2)S(=O)(=O)N2CCN(C3COC3)[C@H](C)C2)nc1.Cc1cccc(N(Cc2ccc(C(=O)CN)cn2)S(=O)(=O)N2CCN(C3COC3)[C@H](C)C2)c1. The summed E-state index contributed by atoms with van der Waals surface area (Å²) in [4.78, 5) is 36.9. The van der Waals surface area contributed by atoms with E-state index < -0.39 is 26.4 Å². The molecule has 0 bridgehead atoms. The van der Waals surface area contributed by atoms with Gasteiger partial charge in [-0.05, 0) is 87.4 Å². The molecule has 0 unspecified atom stereocenters. The molecule has 4 fully saturated rings. The van der Waals surface area contributed by atoms with Crippen LogP contribution in [0, 0.1) is 13.8 Å². The van der Waals surface area contributed by atoms with Crippen LogP contribution in [0.2, 0.25) is 0 Å². The number of hydrogen-bond acceptors (Lipinski definition) is 14. The maximum Gasteiger partial charge on any atom is 0.339 e. The summed E-state index contributed by atoms with van der Waals surface area (Å²) >= 11 is 0. The molecule has 4 saturated heterocycles. The molecule has 356 valence electrons. The van der Waals surface area contributed by atoms with Crippen molar-refractivity contribution in [2.75, 3.05) is 88.0 Å². The van der Waals surface area contributed by atoms with Gasteiger partial charge in [0.15, 0.2) is 5.78 Å². The van der Waals surface area contributed by atoms with Crippen molar-refractivity contribution in [3.05, 3.63) is 119 Å². The average Bonchev–Trinajstić information content (AvgIpc) is 3.27. The van der Waals surface area contributed by atoms with Crippen molar-refractivity contribution in [2.24, 2.45) is 5.73 Å². The second-order valence-corrected chi connectivity index (χ2v) is 20.9. The summed E-state index contributed by atoms with van der Waals surface area (Å²) in [6, 6.07) is 22.4. The van der Waals surface area contributed by atoms with Crippen molar-refractivity contribution < 1.29 is 40.6 Å². The first-order valence-corrected chi connectivity index (χ1v) is 25.0. The zero-order valence-corrected chi connectivity index (χ0v) is 39.9. The summed E-state index contributed by atoms with van der Waals surface area (Å²) in [5, 5.41) is 0.